The van der Waals surface area contributed by atoms with E-state index >= 15 is 0 Å². The van der Waals surface area contributed by atoms with Crippen LogP contribution in [0.5, 0.6) is 5.75 Å². The average Bonchev–Trinajstić information content (AvgIpc) is 2.35. The molecule has 0 atom stereocenters. The number of non-ortho nitro benzene ring substituents is 1. The third-order valence-electron chi connectivity index (χ3n) is 2.40. The second-order valence-corrected chi connectivity index (χ2v) is 4.66. The number of benzene rings is 1. The largest absolute Gasteiger partial charge is 0.475 e. The summed E-state index contributed by atoms with van der Waals surface area (Å²) in [7, 11) is 0. The quantitative estimate of drug-likeness (QED) is 0.485. The number of ether oxygens (including phenoxy) is 1. The molecule has 0 fully saturated rings. The third-order valence-corrected chi connectivity index (χ3v) is 2.40. The van der Waals surface area contributed by atoms with E-state index in [2.05, 4.69) is 11.2 Å². The Kier molecular flexibility index (Phi) is 4.76. The van der Waals surface area contributed by atoms with Gasteiger partial charge in [-0.15, -0.1) is 6.42 Å². The van der Waals surface area contributed by atoms with Crippen molar-refractivity contribution in [2.45, 2.75) is 32.8 Å². The van der Waals surface area contributed by atoms with Crippen LogP contribution in [0.1, 0.15) is 27.2 Å². The molecule has 0 aliphatic heterocycles. The molecular weight excluding hydrogens is 244 g/mol. The van der Waals surface area contributed by atoms with Crippen molar-refractivity contribution in [2.75, 3.05) is 11.9 Å². The SMILES string of the molecule is C#CC(C)(C)Oc1cc(NCCC)cc([N+](=O)[O-])c1. The Bertz CT molecular complexity index is 504. The highest BCUT2D eigenvalue weighted by Gasteiger charge is 2.18. The van der Waals surface area contributed by atoms with Gasteiger partial charge in [0.2, 0.25) is 0 Å². The van der Waals surface area contributed by atoms with Crippen molar-refractivity contribution >= 4 is 11.4 Å². The van der Waals surface area contributed by atoms with Gasteiger partial charge in [0.1, 0.15) is 5.75 Å². The fourth-order valence-corrected chi connectivity index (χ4v) is 1.44. The number of hydrogen-bond acceptors (Lipinski definition) is 4. The number of rotatable bonds is 6. The molecule has 0 saturated heterocycles. The van der Waals surface area contributed by atoms with E-state index in [-0.39, 0.29) is 5.69 Å². The second kappa shape index (κ2) is 6.10. The summed E-state index contributed by atoms with van der Waals surface area (Å²) in [6.45, 7) is 6.21. The van der Waals surface area contributed by atoms with Gasteiger partial charge < -0.3 is 10.1 Å². The Labute approximate surface area is 113 Å². The van der Waals surface area contributed by atoms with Crippen LogP contribution >= 0.6 is 0 Å². The highest BCUT2D eigenvalue weighted by atomic mass is 16.6. The maximum atomic E-state index is 10.9. The van der Waals surface area contributed by atoms with E-state index in [0.717, 1.165) is 13.0 Å². The standard InChI is InChI=1S/C14H18N2O3/c1-5-7-15-11-8-12(16(17)18)10-13(9-11)19-14(3,4)6-2/h2,8-10,15H,5,7H2,1,3-4H3. The van der Waals surface area contributed by atoms with Gasteiger partial charge in [-0.1, -0.05) is 12.8 Å². The van der Waals surface area contributed by atoms with Gasteiger partial charge in [0.25, 0.3) is 5.69 Å². The van der Waals surface area contributed by atoms with Crippen LogP contribution in [0.15, 0.2) is 18.2 Å². The monoisotopic (exact) mass is 262 g/mol. The lowest BCUT2D eigenvalue weighted by Gasteiger charge is -2.20. The number of nitro groups is 1. The molecule has 0 spiro atoms. The summed E-state index contributed by atoms with van der Waals surface area (Å²) in [6, 6.07) is 4.56. The summed E-state index contributed by atoms with van der Waals surface area (Å²) in [5.74, 6) is 2.87. The Morgan fingerprint density at radius 2 is 2.16 bits per heavy atom. The molecule has 5 nitrogen and oxygen atoms in total. The van der Waals surface area contributed by atoms with E-state index < -0.39 is 10.5 Å². The molecule has 0 heterocycles. The number of nitrogens with zero attached hydrogens (tertiary/aromatic N) is 1. The van der Waals surface area contributed by atoms with Crippen LogP contribution in [0.4, 0.5) is 11.4 Å². The fourth-order valence-electron chi connectivity index (χ4n) is 1.44. The second-order valence-electron chi connectivity index (χ2n) is 4.66. The van der Waals surface area contributed by atoms with Crippen LogP contribution in [-0.2, 0) is 0 Å². The zero-order chi connectivity index (χ0) is 14.5. The van der Waals surface area contributed by atoms with Crippen molar-refractivity contribution in [3.05, 3.63) is 28.3 Å². The third kappa shape index (κ3) is 4.51. The van der Waals surface area contributed by atoms with Crippen molar-refractivity contribution in [3.63, 3.8) is 0 Å². The lowest BCUT2D eigenvalue weighted by atomic mass is 10.1. The molecule has 102 valence electrons. The summed E-state index contributed by atoms with van der Waals surface area (Å²) in [4.78, 5) is 10.4. The molecule has 0 amide bonds. The van der Waals surface area contributed by atoms with Gasteiger partial charge in [-0.05, 0) is 20.3 Å². The molecule has 19 heavy (non-hydrogen) atoms. The van der Waals surface area contributed by atoms with E-state index in [0.29, 0.717) is 11.4 Å². The maximum absolute atomic E-state index is 10.9. The summed E-state index contributed by atoms with van der Waals surface area (Å²) in [5, 5.41) is 14.0. The van der Waals surface area contributed by atoms with Crippen molar-refractivity contribution in [1.82, 2.24) is 0 Å². The maximum Gasteiger partial charge on any atom is 0.275 e. The molecule has 1 rings (SSSR count). The predicted octanol–water partition coefficient (Wildman–Crippen LogP) is 3.21. The van der Waals surface area contributed by atoms with E-state index in [1.165, 1.54) is 12.1 Å². The van der Waals surface area contributed by atoms with Crippen molar-refractivity contribution in [2.24, 2.45) is 0 Å². The highest BCUT2D eigenvalue weighted by Crippen LogP contribution is 2.28. The van der Waals surface area contributed by atoms with Gasteiger partial charge in [-0.3, -0.25) is 10.1 Å². The Morgan fingerprint density at radius 1 is 1.47 bits per heavy atom. The highest BCUT2D eigenvalue weighted by molar-refractivity contribution is 5.56. The molecule has 0 bridgehead atoms. The minimum atomic E-state index is -0.808. The summed E-state index contributed by atoms with van der Waals surface area (Å²) < 4.78 is 5.58. The predicted molar refractivity (Wildman–Crippen MR) is 75.4 cm³/mol. The Morgan fingerprint density at radius 3 is 2.68 bits per heavy atom. The first-order valence-electron chi connectivity index (χ1n) is 6.08. The van der Waals surface area contributed by atoms with Gasteiger partial charge in [0.05, 0.1) is 11.0 Å². The number of anilines is 1. The number of nitro benzene ring substituents is 1. The smallest absolute Gasteiger partial charge is 0.275 e. The van der Waals surface area contributed by atoms with Crippen LogP contribution in [0, 0.1) is 22.5 Å². The lowest BCUT2D eigenvalue weighted by Crippen LogP contribution is -2.25. The molecule has 0 aliphatic rings. The van der Waals surface area contributed by atoms with Gasteiger partial charge in [-0.25, -0.2) is 0 Å². The topological polar surface area (TPSA) is 64.4 Å². The van der Waals surface area contributed by atoms with Gasteiger partial charge in [-0.2, -0.15) is 0 Å². The first-order chi connectivity index (χ1) is 8.88. The van der Waals surface area contributed by atoms with Crippen LogP contribution in [-0.4, -0.2) is 17.1 Å². The molecule has 0 radical (unpaired) electrons. The van der Waals surface area contributed by atoms with Crippen LogP contribution in [0.2, 0.25) is 0 Å². The number of terminal acetylenes is 1. The molecule has 5 heteroatoms. The van der Waals surface area contributed by atoms with E-state index in [1.54, 1.807) is 19.9 Å². The lowest BCUT2D eigenvalue weighted by molar-refractivity contribution is -0.384. The van der Waals surface area contributed by atoms with Crippen LogP contribution in [0.25, 0.3) is 0 Å². The zero-order valence-corrected chi connectivity index (χ0v) is 11.4. The van der Waals surface area contributed by atoms with Gasteiger partial charge in [0, 0.05) is 24.4 Å². The van der Waals surface area contributed by atoms with Crippen molar-refractivity contribution in [3.8, 4) is 18.1 Å². The molecule has 0 aromatic heterocycles. The molecular formula is C14H18N2O3. The van der Waals surface area contributed by atoms with Crippen molar-refractivity contribution in [1.29, 1.82) is 0 Å². The summed E-state index contributed by atoms with van der Waals surface area (Å²) >= 11 is 0. The molecule has 0 unspecified atom stereocenters. The first kappa shape index (κ1) is 14.8. The van der Waals surface area contributed by atoms with E-state index in [1.807, 2.05) is 6.92 Å². The Hall–Kier alpha value is -2.22. The molecule has 0 saturated carbocycles. The van der Waals surface area contributed by atoms with E-state index in [4.69, 9.17) is 11.2 Å². The summed E-state index contributed by atoms with van der Waals surface area (Å²) in [6.07, 6.45) is 6.27. The number of nitrogens with one attached hydrogen (secondary N) is 1. The summed E-state index contributed by atoms with van der Waals surface area (Å²) in [5.41, 5.74) is -0.181. The Balaban J connectivity index is 3.06. The average molecular weight is 262 g/mol. The van der Waals surface area contributed by atoms with Crippen LogP contribution < -0.4 is 10.1 Å². The fraction of sp³-hybridized carbons (Fsp3) is 0.429. The van der Waals surface area contributed by atoms with Gasteiger partial charge in [0.15, 0.2) is 5.60 Å². The van der Waals surface area contributed by atoms with Crippen molar-refractivity contribution < 1.29 is 9.66 Å². The normalized spacial score (nSPS) is 10.6. The minimum Gasteiger partial charge on any atom is -0.475 e. The molecule has 0 aliphatic carbocycles. The number of hydrogen-bond donors (Lipinski definition) is 1. The minimum absolute atomic E-state index is 0.0241. The van der Waals surface area contributed by atoms with Gasteiger partial charge >= 0.3 is 0 Å². The molecule has 1 aromatic carbocycles. The zero-order valence-electron chi connectivity index (χ0n) is 11.4. The van der Waals surface area contributed by atoms with Crippen LogP contribution in [0.3, 0.4) is 0 Å². The van der Waals surface area contributed by atoms with E-state index in [9.17, 15) is 10.1 Å². The first-order valence-corrected chi connectivity index (χ1v) is 6.08. The molecule has 1 N–H and O–H groups in total. The molecule has 1 aromatic rings.